The van der Waals surface area contributed by atoms with Crippen molar-refractivity contribution in [3.8, 4) is 5.75 Å². The Morgan fingerprint density at radius 1 is 1.14 bits per heavy atom. The molecule has 0 amide bonds. The fourth-order valence-corrected chi connectivity index (χ4v) is 2.07. The van der Waals surface area contributed by atoms with Crippen molar-refractivity contribution in [2.24, 2.45) is 5.41 Å². The predicted molar refractivity (Wildman–Crippen MR) is 87.5 cm³/mol. The summed E-state index contributed by atoms with van der Waals surface area (Å²) in [5, 5.41) is 0. The summed E-state index contributed by atoms with van der Waals surface area (Å²) in [5.74, 6) is 0.691. The summed E-state index contributed by atoms with van der Waals surface area (Å²) in [4.78, 5) is 11.0. The Balaban J connectivity index is 2.21. The maximum Gasteiger partial charge on any atom is 0.498 e. The maximum atomic E-state index is 11.0. The first-order chi connectivity index (χ1) is 10.1. The second-order valence-electron chi connectivity index (χ2n) is 7.52. The molecule has 4 nitrogen and oxygen atoms in total. The molecular formula is C17H25BO4. The van der Waals surface area contributed by atoms with Gasteiger partial charge in [0, 0.05) is 5.46 Å². The Kier molecular flexibility index (Phi) is 4.42. The van der Waals surface area contributed by atoms with Gasteiger partial charge in [0.1, 0.15) is 12.0 Å². The molecule has 1 aliphatic heterocycles. The third-order valence-corrected chi connectivity index (χ3v) is 4.34. The standard InChI is InChI=1S/C17H25BO4/c1-15(2,11-19)12-20-14-10-8-7-9-13(14)18-21-16(3,4)17(5,6)22-18/h7-11H,12H2,1-6H3. The van der Waals surface area contributed by atoms with Crippen LogP contribution in [-0.4, -0.2) is 31.2 Å². The second-order valence-corrected chi connectivity index (χ2v) is 7.52. The molecule has 2 rings (SSSR count). The number of ether oxygens (including phenoxy) is 1. The summed E-state index contributed by atoms with van der Waals surface area (Å²) >= 11 is 0. The molecular weight excluding hydrogens is 279 g/mol. The Morgan fingerprint density at radius 2 is 1.68 bits per heavy atom. The molecule has 0 aromatic heterocycles. The van der Waals surface area contributed by atoms with Gasteiger partial charge in [0.15, 0.2) is 0 Å². The number of carbonyl (C=O) groups excluding carboxylic acids is 1. The number of benzene rings is 1. The van der Waals surface area contributed by atoms with Gasteiger partial charge in [-0.1, -0.05) is 18.2 Å². The van der Waals surface area contributed by atoms with Gasteiger partial charge in [0.05, 0.1) is 23.2 Å². The van der Waals surface area contributed by atoms with Gasteiger partial charge in [-0.05, 0) is 47.6 Å². The first-order valence-electron chi connectivity index (χ1n) is 7.62. The molecule has 1 heterocycles. The van der Waals surface area contributed by atoms with E-state index >= 15 is 0 Å². The van der Waals surface area contributed by atoms with Gasteiger partial charge in [-0.3, -0.25) is 0 Å². The van der Waals surface area contributed by atoms with Crippen molar-refractivity contribution in [1.82, 2.24) is 0 Å². The van der Waals surface area contributed by atoms with Crippen molar-refractivity contribution in [2.45, 2.75) is 52.7 Å². The Morgan fingerprint density at radius 3 is 2.23 bits per heavy atom. The first-order valence-corrected chi connectivity index (χ1v) is 7.62. The highest BCUT2D eigenvalue weighted by molar-refractivity contribution is 6.63. The summed E-state index contributed by atoms with van der Waals surface area (Å²) in [6, 6.07) is 7.64. The van der Waals surface area contributed by atoms with E-state index in [2.05, 4.69) is 0 Å². The zero-order chi connectivity index (χ0) is 16.6. The smallest absolute Gasteiger partial charge is 0.493 e. The molecule has 22 heavy (non-hydrogen) atoms. The lowest BCUT2D eigenvalue weighted by molar-refractivity contribution is -0.116. The van der Waals surface area contributed by atoms with Crippen molar-refractivity contribution >= 4 is 18.9 Å². The third kappa shape index (κ3) is 3.36. The van der Waals surface area contributed by atoms with Crippen LogP contribution < -0.4 is 10.2 Å². The minimum Gasteiger partial charge on any atom is -0.493 e. The van der Waals surface area contributed by atoms with E-state index in [-0.39, 0.29) is 0 Å². The zero-order valence-corrected chi connectivity index (χ0v) is 14.3. The van der Waals surface area contributed by atoms with Gasteiger partial charge < -0.3 is 18.8 Å². The van der Waals surface area contributed by atoms with Gasteiger partial charge in [-0.2, -0.15) is 0 Å². The minimum absolute atomic E-state index is 0.313. The van der Waals surface area contributed by atoms with Crippen molar-refractivity contribution in [2.75, 3.05) is 6.61 Å². The fourth-order valence-electron chi connectivity index (χ4n) is 2.07. The molecule has 0 N–H and O–H groups in total. The molecule has 0 spiro atoms. The largest absolute Gasteiger partial charge is 0.498 e. The highest BCUT2D eigenvalue weighted by atomic mass is 16.7. The van der Waals surface area contributed by atoms with E-state index in [0.29, 0.717) is 12.4 Å². The number of para-hydroxylation sites is 1. The molecule has 1 aromatic rings. The summed E-state index contributed by atoms with van der Waals surface area (Å²) in [6.07, 6.45) is 0.907. The summed E-state index contributed by atoms with van der Waals surface area (Å²) in [5.41, 5.74) is -0.467. The van der Waals surface area contributed by atoms with E-state index < -0.39 is 23.7 Å². The van der Waals surface area contributed by atoms with Crippen LogP contribution in [-0.2, 0) is 14.1 Å². The van der Waals surface area contributed by atoms with Crippen LogP contribution >= 0.6 is 0 Å². The van der Waals surface area contributed by atoms with Gasteiger partial charge >= 0.3 is 7.12 Å². The van der Waals surface area contributed by atoms with E-state index in [4.69, 9.17) is 14.0 Å². The van der Waals surface area contributed by atoms with Crippen molar-refractivity contribution in [3.05, 3.63) is 24.3 Å². The van der Waals surface area contributed by atoms with Crippen LogP contribution in [0.1, 0.15) is 41.5 Å². The van der Waals surface area contributed by atoms with Crippen LogP contribution in [0.5, 0.6) is 5.75 Å². The molecule has 0 atom stereocenters. The maximum absolute atomic E-state index is 11.0. The summed E-state index contributed by atoms with van der Waals surface area (Å²) in [6.45, 7) is 12.1. The number of hydrogen-bond donors (Lipinski definition) is 0. The Hall–Kier alpha value is -1.33. The monoisotopic (exact) mass is 304 g/mol. The van der Waals surface area contributed by atoms with Crippen molar-refractivity contribution < 1.29 is 18.8 Å². The van der Waals surface area contributed by atoms with Crippen LogP contribution in [0.2, 0.25) is 0 Å². The van der Waals surface area contributed by atoms with Gasteiger partial charge in [0.25, 0.3) is 0 Å². The topological polar surface area (TPSA) is 44.8 Å². The normalized spacial score (nSPS) is 20.0. The molecule has 1 fully saturated rings. The zero-order valence-electron chi connectivity index (χ0n) is 14.3. The first kappa shape index (κ1) is 17.0. The SMILES string of the molecule is CC(C)(C=O)COc1ccccc1B1OC(C)(C)C(C)(C)O1. The van der Waals surface area contributed by atoms with Crippen molar-refractivity contribution in [1.29, 1.82) is 0 Å². The predicted octanol–water partition coefficient (Wildman–Crippen LogP) is 2.59. The van der Waals surface area contributed by atoms with E-state index in [1.54, 1.807) is 0 Å². The lowest BCUT2D eigenvalue weighted by Gasteiger charge is -2.32. The number of rotatable bonds is 5. The lowest BCUT2D eigenvalue weighted by atomic mass is 9.78. The van der Waals surface area contributed by atoms with Crippen LogP contribution in [0.15, 0.2) is 24.3 Å². The highest BCUT2D eigenvalue weighted by Gasteiger charge is 2.52. The van der Waals surface area contributed by atoms with E-state index in [1.165, 1.54) is 0 Å². The van der Waals surface area contributed by atoms with Crippen LogP contribution in [0, 0.1) is 5.41 Å². The number of hydrogen-bond acceptors (Lipinski definition) is 4. The summed E-state index contributed by atoms with van der Waals surface area (Å²) < 4.78 is 18.0. The molecule has 0 bridgehead atoms. The highest BCUT2D eigenvalue weighted by Crippen LogP contribution is 2.37. The van der Waals surface area contributed by atoms with Crippen LogP contribution in [0.4, 0.5) is 0 Å². The molecule has 5 heteroatoms. The van der Waals surface area contributed by atoms with E-state index in [9.17, 15) is 4.79 Å². The molecule has 0 unspecified atom stereocenters. The molecule has 0 radical (unpaired) electrons. The summed E-state index contributed by atoms with van der Waals surface area (Å²) in [7, 11) is -0.472. The number of aldehydes is 1. The number of carbonyl (C=O) groups is 1. The lowest BCUT2D eigenvalue weighted by Crippen LogP contribution is -2.41. The van der Waals surface area contributed by atoms with Gasteiger partial charge in [0.2, 0.25) is 0 Å². The van der Waals surface area contributed by atoms with Crippen molar-refractivity contribution in [3.63, 3.8) is 0 Å². The average molecular weight is 304 g/mol. The average Bonchev–Trinajstić information content (AvgIpc) is 2.65. The Bertz CT molecular complexity index is 535. The minimum atomic E-state index is -0.525. The second kappa shape index (κ2) is 5.71. The van der Waals surface area contributed by atoms with Crippen LogP contribution in [0.25, 0.3) is 0 Å². The molecule has 120 valence electrons. The van der Waals surface area contributed by atoms with Gasteiger partial charge in [-0.15, -0.1) is 0 Å². The molecule has 1 aromatic carbocycles. The van der Waals surface area contributed by atoms with Gasteiger partial charge in [-0.25, -0.2) is 0 Å². The van der Waals surface area contributed by atoms with E-state index in [1.807, 2.05) is 65.8 Å². The third-order valence-electron chi connectivity index (χ3n) is 4.34. The molecule has 0 aliphatic carbocycles. The van der Waals surface area contributed by atoms with Crippen LogP contribution in [0.3, 0.4) is 0 Å². The fraction of sp³-hybridized carbons (Fsp3) is 0.588. The molecule has 1 saturated heterocycles. The Labute approximate surface area is 133 Å². The molecule has 1 aliphatic rings. The van der Waals surface area contributed by atoms with E-state index in [0.717, 1.165) is 11.7 Å². The quantitative estimate of drug-likeness (QED) is 0.619. The molecule has 0 saturated carbocycles.